The second kappa shape index (κ2) is 8.56. The van der Waals surface area contributed by atoms with E-state index in [2.05, 4.69) is 37.1 Å². The Kier molecular flexibility index (Phi) is 6.04. The van der Waals surface area contributed by atoms with Crippen LogP contribution < -0.4 is 4.72 Å². The summed E-state index contributed by atoms with van der Waals surface area (Å²) in [6, 6.07) is 13.6. The maximum Gasteiger partial charge on any atom is 0.261 e. The van der Waals surface area contributed by atoms with Crippen molar-refractivity contribution in [1.82, 2.24) is 9.88 Å². The third kappa shape index (κ3) is 4.45. The van der Waals surface area contributed by atoms with Crippen LogP contribution in [0.1, 0.15) is 53.5 Å². The van der Waals surface area contributed by atoms with Gasteiger partial charge in [0.2, 0.25) is 0 Å². The van der Waals surface area contributed by atoms with E-state index in [9.17, 15) is 13.2 Å². The van der Waals surface area contributed by atoms with Gasteiger partial charge in [-0.3, -0.25) is 14.5 Å². The van der Waals surface area contributed by atoms with Gasteiger partial charge in [0.05, 0.1) is 27.7 Å². The van der Waals surface area contributed by atoms with Crippen LogP contribution in [0, 0.1) is 6.92 Å². The van der Waals surface area contributed by atoms with Crippen molar-refractivity contribution >= 4 is 38.9 Å². The number of carbonyl (C=O) groups is 1. The summed E-state index contributed by atoms with van der Waals surface area (Å²) >= 11 is 6.36. The molecule has 4 rings (SSSR count). The molecule has 1 N–H and O–H groups in total. The molecule has 0 bridgehead atoms. The zero-order valence-corrected chi connectivity index (χ0v) is 21.1. The molecule has 2 heterocycles. The largest absolute Gasteiger partial charge is 0.304 e. The van der Waals surface area contributed by atoms with E-state index in [1.807, 2.05) is 19.1 Å². The fourth-order valence-corrected chi connectivity index (χ4v) is 5.15. The van der Waals surface area contributed by atoms with Crippen LogP contribution in [0.25, 0.3) is 5.70 Å². The minimum atomic E-state index is -3.91. The summed E-state index contributed by atoms with van der Waals surface area (Å²) in [6.07, 6.45) is 1.70. The normalized spacial score (nSPS) is 13.9. The highest BCUT2D eigenvalue weighted by atomic mass is 35.5. The molecule has 0 saturated heterocycles. The molecule has 1 amide bonds. The van der Waals surface area contributed by atoms with Crippen molar-refractivity contribution < 1.29 is 13.2 Å². The number of nitrogens with one attached hydrogen (secondary N) is 1. The van der Waals surface area contributed by atoms with E-state index in [-0.39, 0.29) is 39.0 Å². The van der Waals surface area contributed by atoms with Crippen LogP contribution in [-0.4, -0.2) is 24.2 Å². The molecule has 8 heteroatoms. The highest BCUT2D eigenvalue weighted by Crippen LogP contribution is 2.42. The zero-order chi connectivity index (χ0) is 24.8. The molecule has 6 nitrogen and oxygen atoms in total. The average molecular weight is 496 g/mol. The number of benzene rings is 2. The number of pyridine rings is 1. The van der Waals surface area contributed by atoms with E-state index in [0.29, 0.717) is 11.3 Å². The minimum Gasteiger partial charge on any atom is -0.304 e. The van der Waals surface area contributed by atoms with Gasteiger partial charge in [0, 0.05) is 23.2 Å². The predicted octanol–water partition coefficient (Wildman–Crippen LogP) is 5.77. The number of amides is 1. The van der Waals surface area contributed by atoms with Gasteiger partial charge in [-0.05, 0) is 53.8 Å². The molecule has 0 unspecified atom stereocenters. The van der Waals surface area contributed by atoms with Crippen LogP contribution in [0.5, 0.6) is 0 Å². The highest BCUT2D eigenvalue weighted by Gasteiger charge is 2.36. The van der Waals surface area contributed by atoms with Gasteiger partial charge in [-0.2, -0.15) is 0 Å². The van der Waals surface area contributed by atoms with E-state index in [1.165, 1.54) is 11.0 Å². The smallest absolute Gasteiger partial charge is 0.261 e. The summed E-state index contributed by atoms with van der Waals surface area (Å²) in [6.45, 7) is 12.4. The summed E-state index contributed by atoms with van der Waals surface area (Å²) in [7, 11) is -3.91. The van der Waals surface area contributed by atoms with Crippen molar-refractivity contribution in [3.8, 4) is 0 Å². The molecular weight excluding hydrogens is 470 g/mol. The van der Waals surface area contributed by atoms with Gasteiger partial charge in [-0.15, -0.1) is 0 Å². The Balaban J connectivity index is 1.67. The number of sulfonamides is 1. The number of carbonyl (C=O) groups excluding carboxylic acids is 1. The molecule has 0 saturated carbocycles. The van der Waals surface area contributed by atoms with E-state index in [0.717, 1.165) is 16.8 Å². The Hall–Kier alpha value is -3.16. The Labute approximate surface area is 205 Å². The number of rotatable bonds is 5. The average Bonchev–Trinajstić information content (AvgIpc) is 3.02. The maximum absolute atomic E-state index is 13.2. The summed E-state index contributed by atoms with van der Waals surface area (Å²) in [5.41, 5.74) is 3.87. The van der Waals surface area contributed by atoms with Gasteiger partial charge in [0.15, 0.2) is 0 Å². The maximum atomic E-state index is 13.2. The molecule has 3 aromatic rings. The first kappa shape index (κ1) is 24.0. The monoisotopic (exact) mass is 495 g/mol. The van der Waals surface area contributed by atoms with Crippen LogP contribution in [0.15, 0.2) is 66.2 Å². The van der Waals surface area contributed by atoms with E-state index >= 15 is 0 Å². The molecule has 34 heavy (non-hydrogen) atoms. The molecular formula is C26H26ClN3O3S. The van der Waals surface area contributed by atoms with E-state index in [1.54, 1.807) is 36.5 Å². The first-order valence-corrected chi connectivity index (χ1v) is 12.6. The second-order valence-electron chi connectivity index (χ2n) is 9.37. The van der Waals surface area contributed by atoms with Crippen molar-refractivity contribution in [3.63, 3.8) is 0 Å². The summed E-state index contributed by atoms with van der Waals surface area (Å²) in [5, 5.41) is 0.239. The number of halogens is 1. The standard InChI is InChI=1S/C26H26ClN3O3S/c1-16-6-7-18(14-28-16)15-30-17(2)23-22(13-12-21(27)24(23)25(30)31)29-34(32,33)20-10-8-19(9-11-20)26(3,4)5/h6-14,29H,2,15H2,1,3-5H3. The molecule has 0 fully saturated rings. The van der Waals surface area contributed by atoms with Crippen LogP contribution in [0.4, 0.5) is 5.69 Å². The lowest BCUT2D eigenvalue weighted by Crippen LogP contribution is -2.22. The summed E-state index contributed by atoms with van der Waals surface area (Å²) in [5.74, 6) is -0.332. The quantitative estimate of drug-likeness (QED) is 0.487. The Morgan fingerprint density at radius 2 is 1.71 bits per heavy atom. The van der Waals surface area contributed by atoms with Crippen LogP contribution in [-0.2, 0) is 22.0 Å². The molecule has 0 radical (unpaired) electrons. The van der Waals surface area contributed by atoms with Crippen molar-refractivity contribution in [3.05, 3.63) is 94.3 Å². The van der Waals surface area contributed by atoms with Gasteiger partial charge in [-0.25, -0.2) is 8.42 Å². The number of hydrogen-bond donors (Lipinski definition) is 1. The molecule has 2 aromatic carbocycles. The van der Waals surface area contributed by atoms with Crippen LogP contribution in [0.3, 0.4) is 0 Å². The Bertz CT molecular complexity index is 1390. The van der Waals surface area contributed by atoms with Crippen LogP contribution in [0.2, 0.25) is 5.02 Å². The lowest BCUT2D eigenvalue weighted by Gasteiger charge is -2.20. The number of anilines is 1. The fraction of sp³-hybridized carbons (Fsp3) is 0.231. The van der Waals surface area contributed by atoms with Gasteiger partial charge < -0.3 is 4.90 Å². The van der Waals surface area contributed by atoms with E-state index < -0.39 is 10.0 Å². The molecule has 0 spiro atoms. The van der Waals surface area contributed by atoms with Crippen molar-refractivity contribution in [1.29, 1.82) is 0 Å². The van der Waals surface area contributed by atoms with Gasteiger partial charge in [0.1, 0.15) is 0 Å². The molecule has 0 atom stereocenters. The molecule has 1 aliphatic heterocycles. The summed E-state index contributed by atoms with van der Waals surface area (Å²) < 4.78 is 28.9. The lowest BCUT2D eigenvalue weighted by atomic mass is 9.87. The zero-order valence-electron chi connectivity index (χ0n) is 19.5. The van der Waals surface area contributed by atoms with Crippen LogP contribution >= 0.6 is 11.6 Å². The molecule has 1 aliphatic rings. The number of nitrogens with zero attached hydrogens (tertiary/aromatic N) is 2. The second-order valence-corrected chi connectivity index (χ2v) is 11.5. The van der Waals surface area contributed by atoms with Crippen molar-refractivity contribution in [2.45, 2.75) is 44.6 Å². The fourth-order valence-electron chi connectivity index (χ4n) is 3.84. The number of aryl methyl sites for hydroxylation is 1. The first-order chi connectivity index (χ1) is 15.9. The summed E-state index contributed by atoms with van der Waals surface area (Å²) in [4.78, 5) is 19.1. The molecule has 1 aromatic heterocycles. The number of fused-ring (bicyclic) bond motifs is 1. The lowest BCUT2D eigenvalue weighted by molar-refractivity contribution is 0.0843. The molecule has 0 aliphatic carbocycles. The predicted molar refractivity (Wildman–Crippen MR) is 135 cm³/mol. The third-order valence-corrected chi connectivity index (χ3v) is 7.51. The van der Waals surface area contributed by atoms with Gasteiger partial charge in [-0.1, -0.05) is 57.2 Å². The van der Waals surface area contributed by atoms with Crippen molar-refractivity contribution in [2.24, 2.45) is 0 Å². The van der Waals surface area contributed by atoms with E-state index in [4.69, 9.17) is 11.6 Å². The Morgan fingerprint density at radius 3 is 2.29 bits per heavy atom. The molecule has 176 valence electrons. The SMILES string of the molecule is C=C1c2c(NS(=O)(=O)c3ccc(C(C)(C)C)cc3)ccc(Cl)c2C(=O)N1Cc1ccc(C)nc1. The van der Waals surface area contributed by atoms with Gasteiger partial charge >= 0.3 is 0 Å². The van der Waals surface area contributed by atoms with Crippen molar-refractivity contribution in [2.75, 3.05) is 4.72 Å². The number of aromatic nitrogens is 1. The first-order valence-electron chi connectivity index (χ1n) is 10.8. The third-order valence-electron chi connectivity index (χ3n) is 5.82. The highest BCUT2D eigenvalue weighted by molar-refractivity contribution is 7.92. The Morgan fingerprint density at radius 1 is 1.03 bits per heavy atom. The topological polar surface area (TPSA) is 79.4 Å². The minimum absolute atomic E-state index is 0.0960. The van der Waals surface area contributed by atoms with Gasteiger partial charge in [0.25, 0.3) is 15.9 Å². The number of hydrogen-bond acceptors (Lipinski definition) is 4.